The molecule has 2 N–H and O–H groups in total. The summed E-state index contributed by atoms with van der Waals surface area (Å²) in [5, 5.41) is 1.03. The topological polar surface area (TPSA) is 26.0 Å². The fourth-order valence-electron chi connectivity index (χ4n) is 1.68. The van der Waals surface area contributed by atoms with E-state index in [0.29, 0.717) is 20.7 Å². The van der Waals surface area contributed by atoms with Gasteiger partial charge in [0.2, 0.25) is 0 Å². The van der Waals surface area contributed by atoms with Gasteiger partial charge in [0.15, 0.2) is 0 Å². The summed E-state index contributed by atoms with van der Waals surface area (Å²) < 4.78 is 37.7. The van der Waals surface area contributed by atoms with Gasteiger partial charge in [0.05, 0.1) is 5.56 Å². The van der Waals surface area contributed by atoms with Gasteiger partial charge in [0.1, 0.15) is 0 Å². The quantitative estimate of drug-likeness (QED) is 0.551. The van der Waals surface area contributed by atoms with Gasteiger partial charge in [-0.15, -0.1) is 11.8 Å². The van der Waals surface area contributed by atoms with E-state index in [-0.39, 0.29) is 5.69 Å². The molecule has 0 saturated carbocycles. The zero-order valence-electron chi connectivity index (χ0n) is 10.5. The lowest BCUT2D eigenvalue weighted by molar-refractivity contribution is -0.137. The van der Waals surface area contributed by atoms with Crippen LogP contribution in [0.3, 0.4) is 0 Å². The van der Waals surface area contributed by atoms with Crippen LogP contribution in [0.25, 0.3) is 0 Å². The molecule has 2 rings (SSSR count). The monoisotopic (exact) mass is 351 g/mol. The number of anilines is 1. The van der Waals surface area contributed by atoms with Crippen LogP contribution in [0.5, 0.6) is 0 Å². The van der Waals surface area contributed by atoms with Crippen molar-refractivity contribution in [2.24, 2.45) is 0 Å². The van der Waals surface area contributed by atoms with Crippen LogP contribution in [0.4, 0.5) is 18.9 Å². The lowest BCUT2D eigenvalue weighted by Gasteiger charge is -2.11. The molecule has 0 unspecified atom stereocenters. The number of hydrogen-bond acceptors (Lipinski definition) is 2. The van der Waals surface area contributed by atoms with Gasteiger partial charge in [-0.3, -0.25) is 0 Å². The van der Waals surface area contributed by atoms with Crippen molar-refractivity contribution in [1.29, 1.82) is 0 Å². The summed E-state index contributed by atoms with van der Waals surface area (Å²) in [6.07, 6.45) is -4.40. The molecule has 0 heterocycles. The summed E-state index contributed by atoms with van der Waals surface area (Å²) in [6, 6.07) is 8.43. The third-order valence-corrected chi connectivity index (χ3v) is 4.59. The average molecular weight is 352 g/mol. The van der Waals surface area contributed by atoms with Gasteiger partial charge in [-0.25, -0.2) is 0 Å². The second-order valence-electron chi connectivity index (χ2n) is 4.24. The lowest BCUT2D eigenvalue weighted by atomic mass is 10.2. The fraction of sp³-hybridized carbons (Fsp3) is 0.143. The largest absolute Gasteiger partial charge is 0.416 e. The number of nitrogen functional groups attached to an aromatic ring is 1. The first kappa shape index (κ1) is 16.3. The maximum Gasteiger partial charge on any atom is 0.416 e. The van der Waals surface area contributed by atoms with E-state index < -0.39 is 11.7 Å². The van der Waals surface area contributed by atoms with E-state index in [2.05, 4.69) is 0 Å². The molecule has 0 fully saturated rings. The second-order valence-corrected chi connectivity index (χ2v) is 6.07. The summed E-state index contributed by atoms with van der Waals surface area (Å²) in [7, 11) is 0. The number of rotatable bonds is 3. The molecular weight excluding hydrogens is 342 g/mol. The predicted octanol–water partition coefficient (Wildman–Crippen LogP) is 5.89. The summed E-state index contributed by atoms with van der Waals surface area (Å²) in [5.74, 6) is 0.425. The van der Waals surface area contributed by atoms with E-state index in [1.807, 2.05) is 0 Å². The molecule has 0 aliphatic rings. The molecule has 112 valence electrons. The van der Waals surface area contributed by atoms with E-state index in [9.17, 15) is 13.2 Å². The summed E-state index contributed by atoms with van der Waals surface area (Å²) in [6.45, 7) is 0. The molecule has 0 bridgehead atoms. The summed E-state index contributed by atoms with van der Waals surface area (Å²) in [4.78, 5) is 0.555. The number of alkyl halides is 3. The van der Waals surface area contributed by atoms with Crippen molar-refractivity contribution in [3.63, 3.8) is 0 Å². The first-order chi connectivity index (χ1) is 9.79. The smallest absolute Gasteiger partial charge is 0.398 e. The molecule has 0 spiro atoms. The Morgan fingerprint density at radius 1 is 1.05 bits per heavy atom. The van der Waals surface area contributed by atoms with Gasteiger partial charge < -0.3 is 5.73 Å². The van der Waals surface area contributed by atoms with Crippen molar-refractivity contribution < 1.29 is 13.2 Å². The van der Waals surface area contributed by atoms with Crippen LogP contribution in [0.1, 0.15) is 11.1 Å². The highest BCUT2D eigenvalue weighted by molar-refractivity contribution is 7.98. The van der Waals surface area contributed by atoms with Crippen molar-refractivity contribution in [3.8, 4) is 0 Å². The molecule has 0 amide bonds. The van der Waals surface area contributed by atoms with Crippen LogP contribution < -0.4 is 5.73 Å². The first-order valence-corrected chi connectivity index (χ1v) is 7.55. The van der Waals surface area contributed by atoms with Gasteiger partial charge in [0.25, 0.3) is 0 Å². The molecule has 0 aromatic heterocycles. The van der Waals surface area contributed by atoms with Crippen LogP contribution in [0, 0.1) is 0 Å². The minimum Gasteiger partial charge on any atom is -0.398 e. The van der Waals surface area contributed by atoms with Crippen molar-refractivity contribution in [3.05, 3.63) is 57.6 Å². The highest BCUT2D eigenvalue weighted by atomic mass is 35.5. The van der Waals surface area contributed by atoms with E-state index in [1.165, 1.54) is 17.8 Å². The Kier molecular flexibility index (Phi) is 4.96. The maximum atomic E-state index is 12.6. The zero-order valence-corrected chi connectivity index (χ0v) is 12.9. The van der Waals surface area contributed by atoms with E-state index in [1.54, 1.807) is 18.2 Å². The summed E-state index contributed by atoms with van der Waals surface area (Å²) in [5.41, 5.74) is 5.72. The van der Waals surface area contributed by atoms with Crippen LogP contribution in [0.15, 0.2) is 41.3 Å². The summed E-state index contributed by atoms with van der Waals surface area (Å²) >= 11 is 13.4. The number of thioether (sulfide) groups is 1. The van der Waals surface area contributed by atoms with Crippen LogP contribution in [-0.4, -0.2) is 0 Å². The minimum absolute atomic E-state index is 0.0815. The molecule has 21 heavy (non-hydrogen) atoms. The Hall–Kier alpha value is -1.04. The lowest BCUT2D eigenvalue weighted by Crippen LogP contribution is -2.05. The van der Waals surface area contributed by atoms with Crippen LogP contribution in [0.2, 0.25) is 10.0 Å². The Morgan fingerprint density at radius 3 is 2.19 bits per heavy atom. The van der Waals surface area contributed by atoms with Crippen molar-refractivity contribution in [2.45, 2.75) is 16.8 Å². The van der Waals surface area contributed by atoms with E-state index >= 15 is 0 Å². The van der Waals surface area contributed by atoms with Gasteiger partial charge in [-0.05, 0) is 35.9 Å². The molecular formula is C14H10Cl2F3NS. The molecule has 2 aromatic rings. The molecule has 1 nitrogen and oxygen atoms in total. The first-order valence-electron chi connectivity index (χ1n) is 5.81. The SMILES string of the molecule is Nc1cc(C(F)(F)F)ccc1SCc1c(Cl)cccc1Cl. The molecule has 0 aliphatic heterocycles. The van der Waals surface area contributed by atoms with E-state index in [0.717, 1.165) is 17.7 Å². The highest BCUT2D eigenvalue weighted by Crippen LogP contribution is 2.37. The van der Waals surface area contributed by atoms with Gasteiger partial charge in [0, 0.05) is 26.4 Å². The van der Waals surface area contributed by atoms with Crippen molar-refractivity contribution in [2.75, 3.05) is 5.73 Å². The van der Waals surface area contributed by atoms with Gasteiger partial charge in [-0.2, -0.15) is 13.2 Å². The zero-order chi connectivity index (χ0) is 15.6. The van der Waals surface area contributed by atoms with E-state index in [4.69, 9.17) is 28.9 Å². The Morgan fingerprint density at radius 2 is 1.67 bits per heavy atom. The Labute approximate surface area is 134 Å². The molecule has 7 heteroatoms. The Balaban J connectivity index is 2.18. The maximum absolute atomic E-state index is 12.6. The molecule has 0 radical (unpaired) electrons. The van der Waals surface area contributed by atoms with Crippen LogP contribution >= 0.6 is 35.0 Å². The highest BCUT2D eigenvalue weighted by Gasteiger charge is 2.30. The number of hydrogen-bond donors (Lipinski definition) is 1. The number of halogens is 5. The normalized spacial score (nSPS) is 11.7. The van der Waals surface area contributed by atoms with Gasteiger partial charge >= 0.3 is 6.18 Å². The molecule has 0 aliphatic carbocycles. The van der Waals surface area contributed by atoms with Crippen LogP contribution in [-0.2, 0) is 11.9 Å². The predicted molar refractivity (Wildman–Crippen MR) is 81.9 cm³/mol. The Bertz CT molecular complexity index is 639. The number of nitrogens with two attached hydrogens (primary N) is 1. The third kappa shape index (κ3) is 3.99. The fourth-order valence-corrected chi connectivity index (χ4v) is 3.37. The standard InChI is InChI=1S/C14H10Cl2F3NS/c15-10-2-1-3-11(16)9(10)7-21-13-5-4-8(6-12(13)20)14(17,18)19/h1-6H,7,20H2. The molecule has 2 aromatic carbocycles. The minimum atomic E-state index is -4.40. The third-order valence-electron chi connectivity index (χ3n) is 2.77. The molecule has 0 saturated heterocycles. The van der Waals surface area contributed by atoms with Crippen molar-refractivity contribution >= 4 is 40.7 Å². The molecule has 0 atom stereocenters. The van der Waals surface area contributed by atoms with Crippen molar-refractivity contribution in [1.82, 2.24) is 0 Å². The number of benzene rings is 2. The van der Waals surface area contributed by atoms with Gasteiger partial charge in [-0.1, -0.05) is 29.3 Å². The average Bonchev–Trinajstić information content (AvgIpc) is 2.38. The second kappa shape index (κ2) is 6.38.